The monoisotopic (exact) mass is 1190 g/mol. The van der Waals surface area contributed by atoms with Crippen LogP contribution in [0, 0.1) is 0 Å². The fourth-order valence-electron chi connectivity index (χ4n) is 12.2. The van der Waals surface area contributed by atoms with Crippen molar-refractivity contribution in [2.75, 3.05) is 13.2 Å². The first-order valence-corrected chi connectivity index (χ1v) is 38.8. The van der Waals surface area contributed by atoms with Gasteiger partial charge in [0, 0.05) is 12.8 Å². The lowest BCUT2D eigenvalue weighted by Gasteiger charge is -2.20. The van der Waals surface area contributed by atoms with E-state index >= 15 is 0 Å². The number of hydrogen-bond acceptors (Lipinski definition) is 5. The SMILES string of the molecule is CCCCC/C=C\CCCCCCCC(=O)OCCCCCCCCCCCCCC/C=C\CCCCCCCCCCCCCCCCCCC(=O)NC(CO)C(O)/C=C/CCCCCCCCCCCCCCCCCCCCCCCC. The number of rotatable bonds is 73. The van der Waals surface area contributed by atoms with Crippen molar-refractivity contribution in [1.82, 2.24) is 5.32 Å². The quantitative estimate of drug-likeness (QED) is 0.0320. The summed E-state index contributed by atoms with van der Waals surface area (Å²) in [5.41, 5.74) is 0. The van der Waals surface area contributed by atoms with Gasteiger partial charge in [0.15, 0.2) is 0 Å². The first-order valence-electron chi connectivity index (χ1n) is 38.8. The minimum absolute atomic E-state index is 0.00835. The topological polar surface area (TPSA) is 95.9 Å². The summed E-state index contributed by atoms with van der Waals surface area (Å²) in [5.74, 6) is -0.0522. The number of allylic oxidation sites excluding steroid dienone is 5. The molecule has 0 saturated carbocycles. The smallest absolute Gasteiger partial charge is 0.305 e. The van der Waals surface area contributed by atoms with Gasteiger partial charge >= 0.3 is 5.97 Å². The zero-order valence-electron chi connectivity index (χ0n) is 57.6. The fourth-order valence-corrected chi connectivity index (χ4v) is 12.2. The Morgan fingerprint density at radius 1 is 0.318 bits per heavy atom. The van der Waals surface area contributed by atoms with E-state index in [1.807, 2.05) is 6.08 Å². The average Bonchev–Trinajstić information content (AvgIpc) is 3.51. The van der Waals surface area contributed by atoms with E-state index in [9.17, 15) is 19.8 Å². The number of esters is 1. The highest BCUT2D eigenvalue weighted by atomic mass is 16.5. The van der Waals surface area contributed by atoms with Crippen LogP contribution in [-0.2, 0) is 14.3 Å². The van der Waals surface area contributed by atoms with Gasteiger partial charge in [0.2, 0.25) is 5.91 Å². The summed E-state index contributed by atoms with van der Waals surface area (Å²) in [6.45, 7) is 4.92. The lowest BCUT2D eigenvalue weighted by Crippen LogP contribution is -2.45. The maximum atomic E-state index is 12.6. The fraction of sp³-hybridized carbons (Fsp3) is 0.899. The van der Waals surface area contributed by atoms with Crippen LogP contribution in [0.1, 0.15) is 431 Å². The number of amides is 1. The number of nitrogens with one attached hydrogen (secondary N) is 1. The van der Waals surface area contributed by atoms with E-state index in [1.165, 1.54) is 360 Å². The Labute approximate surface area is 532 Å². The van der Waals surface area contributed by atoms with Gasteiger partial charge in [0.1, 0.15) is 0 Å². The van der Waals surface area contributed by atoms with Crippen LogP contribution in [0.25, 0.3) is 0 Å². The molecular weight excluding hydrogens is 1040 g/mol. The van der Waals surface area contributed by atoms with Crippen LogP contribution < -0.4 is 5.32 Å². The second-order valence-corrected chi connectivity index (χ2v) is 26.7. The molecular formula is C79H151NO5. The summed E-state index contributed by atoms with van der Waals surface area (Å²) in [6.07, 6.45) is 96.9. The molecule has 6 heteroatoms. The molecule has 0 aromatic rings. The number of hydrogen-bond donors (Lipinski definition) is 3. The van der Waals surface area contributed by atoms with Crippen LogP contribution >= 0.6 is 0 Å². The van der Waals surface area contributed by atoms with Gasteiger partial charge in [-0.25, -0.2) is 0 Å². The molecule has 0 aliphatic rings. The maximum Gasteiger partial charge on any atom is 0.305 e. The van der Waals surface area contributed by atoms with E-state index in [2.05, 4.69) is 43.5 Å². The van der Waals surface area contributed by atoms with Gasteiger partial charge in [-0.3, -0.25) is 9.59 Å². The van der Waals surface area contributed by atoms with Gasteiger partial charge in [-0.15, -0.1) is 0 Å². The second kappa shape index (κ2) is 74.5. The summed E-state index contributed by atoms with van der Waals surface area (Å²) in [4.78, 5) is 24.6. The Balaban J connectivity index is 3.39. The van der Waals surface area contributed by atoms with E-state index in [1.54, 1.807) is 6.08 Å². The first kappa shape index (κ1) is 83.1. The van der Waals surface area contributed by atoms with Crippen LogP contribution in [0.15, 0.2) is 36.5 Å². The third kappa shape index (κ3) is 71.0. The molecule has 2 atom stereocenters. The van der Waals surface area contributed by atoms with E-state index in [-0.39, 0.29) is 18.5 Å². The predicted octanol–water partition coefficient (Wildman–Crippen LogP) is 25.4. The Morgan fingerprint density at radius 2 is 0.553 bits per heavy atom. The third-order valence-corrected chi connectivity index (χ3v) is 18.1. The van der Waals surface area contributed by atoms with Crippen molar-refractivity contribution < 1.29 is 24.5 Å². The van der Waals surface area contributed by atoms with Crippen molar-refractivity contribution >= 4 is 11.9 Å². The van der Waals surface area contributed by atoms with Gasteiger partial charge in [-0.05, 0) is 83.5 Å². The Hall–Kier alpha value is -1.92. The first-order chi connectivity index (χ1) is 42.0. The minimum Gasteiger partial charge on any atom is -0.466 e. The van der Waals surface area contributed by atoms with Gasteiger partial charge in [0.05, 0.1) is 25.4 Å². The molecule has 0 saturated heterocycles. The molecule has 0 aliphatic heterocycles. The van der Waals surface area contributed by atoms with Crippen LogP contribution in [0.3, 0.4) is 0 Å². The Kier molecular flexibility index (Phi) is 72.9. The van der Waals surface area contributed by atoms with Crippen molar-refractivity contribution in [3.8, 4) is 0 Å². The number of unbranched alkanes of at least 4 members (excludes halogenated alkanes) is 58. The maximum absolute atomic E-state index is 12.6. The standard InChI is InChI=1S/C79H151NO5/c1-3-5-7-9-11-13-15-17-18-19-20-21-22-33-36-39-42-45-48-51-55-59-63-67-71-77(82)76(75-81)80-78(83)72-68-64-60-56-52-49-46-43-40-37-34-31-29-27-25-23-24-26-28-30-32-35-38-41-44-47-50-54-58-62-66-70-74-85-79(84)73-69-65-61-57-53-16-14-12-10-8-6-4-2/h12,14,26,28,67,71,76-77,81-82H,3-11,13,15-25,27,29-66,68-70,72-75H2,1-2H3,(H,80,83)/b14-12-,28-26-,71-67+. The molecule has 0 rings (SSSR count). The number of aliphatic hydroxyl groups excluding tert-OH is 2. The number of carbonyl (C=O) groups is 2. The molecule has 1 amide bonds. The lowest BCUT2D eigenvalue weighted by molar-refractivity contribution is -0.143. The number of aliphatic hydroxyl groups is 2. The zero-order valence-corrected chi connectivity index (χ0v) is 57.6. The highest BCUT2D eigenvalue weighted by Crippen LogP contribution is 2.19. The summed E-state index contributed by atoms with van der Waals surface area (Å²) in [6, 6.07) is -0.627. The second-order valence-electron chi connectivity index (χ2n) is 26.7. The zero-order chi connectivity index (χ0) is 61.3. The molecule has 85 heavy (non-hydrogen) atoms. The van der Waals surface area contributed by atoms with E-state index in [0.717, 1.165) is 44.9 Å². The molecule has 2 unspecified atom stereocenters. The van der Waals surface area contributed by atoms with Crippen LogP contribution in [-0.4, -0.2) is 47.4 Å². The van der Waals surface area contributed by atoms with Gasteiger partial charge < -0.3 is 20.3 Å². The van der Waals surface area contributed by atoms with Crippen molar-refractivity contribution in [1.29, 1.82) is 0 Å². The summed E-state index contributed by atoms with van der Waals surface area (Å²) in [5, 5.41) is 23.3. The van der Waals surface area contributed by atoms with Crippen molar-refractivity contribution in [2.45, 2.75) is 443 Å². The Bertz CT molecular complexity index is 1380. The van der Waals surface area contributed by atoms with Crippen molar-refractivity contribution in [3.05, 3.63) is 36.5 Å². The molecule has 0 fully saturated rings. The van der Waals surface area contributed by atoms with E-state index in [4.69, 9.17) is 4.74 Å². The summed E-state index contributed by atoms with van der Waals surface area (Å²) >= 11 is 0. The normalized spacial score (nSPS) is 12.7. The molecule has 502 valence electrons. The van der Waals surface area contributed by atoms with Crippen molar-refractivity contribution in [3.63, 3.8) is 0 Å². The molecule has 3 N–H and O–H groups in total. The summed E-state index contributed by atoms with van der Waals surface area (Å²) < 4.78 is 5.48. The average molecular weight is 1200 g/mol. The molecule has 0 aromatic heterocycles. The highest BCUT2D eigenvalue weighted by molar-refractivity contribution is 5.76. The predicted molar refractivity (Wildman–Crippen MR) is 375 cm³/mol. The van der Waals surface area contributed by atoms with Gasteiger partial charge in [0.25, 0.3) is 0 Å². The van der Waals surface area contributed by atoms with Gasteiger partial charge in [-0.2, -0.15) is 0 Å². The molecule has 0 heterocycles. The molecule has 0 radical (unpaired) electrons. The summed E-state index contributed by atoms with van der Waals surface area (Å²) in [7, 11) is 0. The van der Waals surface area contributed by atoms with Crippen LogP contribution in [0.4, 0.5) is 0 Å². The Morgan fingerprint density at radius 3 is 0.859 bits per heavy atom. The van der Waals surface area contributed by atoms with Crippen LogP contribution in [0.2, 0.25) is 0 Å². The molecule has 0 spiro atoms. The largest absolute Gasteiger partial charge is 0.466 e. The third-order valence-electron chi connectivity index (χ3n) is 18.1. The lowest BCUT2D eigenvalue weighted by atomic mass is 10.0. The molecule has 6 nitrogen and oxygen atoms in total. The molecule has 0 aromatic carbocycles. The number of ether oxygens (including phenoxy) is 1. The van der Waals surface area contributed by atoms with E-state index in [0.29, 0.717) is 19.4 Å². The number of carbonyl (C=O) groups excluding carboxylic acids is 2. The van der Waals surface area contributed by atoms with E-state index < -0.39 is 12.1 Å². The molecule has 0 bridgehead atoms. The van der Waals surface area contributed by atoms with Gasteiger partial charge in [-0.1, -0.05) is 371 Å². The minimum atomic E-state index is -0.844. The highest BCUT2D eigenvalue weighted by Gasteiger charge is 2.18. The molecule has 0 aliphatic carbocycles. The van der Waals surface area contributed by atoms with Crippen LogP contribution in [0.5, 0.6) is 0 Å². The van der Waals surface area contributed by atoms with Crippen molar-refractivity contribution in [2.24, 2.45) is 0 Å².